The van der Waals surface area contributed by atoms with Crippen molar-refractivity contribution >= 4 is 23.4 Å². The molecule has 2 N–H and O–H groups in total. The van der Waals surface area contributed by atoms with Crippen molar-refractivity contribution in [2.75, 3.05) is 12.3 Å². The van der Waals surface area contributed by atoms with Gasteiger partial charge < -0.3 is 10.5 Å². The Morgan fingerprint density at radius 3 is 2.71 bits per heavy atom. The predicted octanol–water partition coefficient (Wildman–Crippen LogP) is 3.01. The Morgan fingerprint density at radius 2 is 2.18 bits per heavy atom. The molecule has 0 saturated carbocycles. The maximum absolute atomic E-state index is 11.7. The second-order valence-electron chi connectivity index (χ2n) is 3.79. The zero-order chi connectivity index (χ0) is 12.8. The van der Waals surface area contributed by atoms with Gasteiger partial charge in [-0.15, -0.1) is 11.8 Å². The standard InChI is InChI=1S/C13H19NO2S/c1-4-12(13(15)16-5-2)17-10-6-7-11(14)9(3)8-10/h6-8,12H,4-5,14H2,1-3H3. The molecule has 0 radical (unpaired) electrons. The molecule has 0 spiro atoms. The molecule has 1 aromatic rings. The van der Waals surface area contributed by atoms with E-state index in [0.717, 1.165) is 22.6 Å². The minimum absolute atomic E-state index is 0.141. The fourth-order valence-corrected chi connectivity index (χ4v) is 2.47. The minimum atomic E-state index is -0.144. The van der Waals surface area contributed by atoms with Gasteiger partial charge in [0.25, 0.3) is 0 Å². The van der Waals surface area contributed by atoms with Crippen molar-refractivity contribution in [1.82, 2.24) is 0 Å². The summed E-state index contributed by atoms with van der Waals surface area (Å²) >= 11 is 1.53. The number of nitrogens with two attached hydrogens (primary N) is 1. The topological polar surface area (TPSA) is 52.3 Å². The van der Waals surface area contributed by atoms with E-state index in [4.69, 9.17) is 10.5 Å². The lowest BCUT2D eigenvalue weighted by Crippen LogP contribution is -2.19. The smallest absolute Gasteiger partial charge is 0.319 e. The molecule has 0 aliphatic carbocycles. The molecule has 1 unspecified atom stereocenters. The molecule has 0 fully saturated rings. The number of aryl methyl sites for hydroxylation is 1. The Morgan fingerprint density at radius 1 is 1.47 bits per heavy atom. The van der Waals surface area contributed by atoms with Gasteiger partial charge in [0.2, 0.25) is 0 Å². The molecular weight excluding hydrogens is 234 g/mol. The van der Waals surface area contributed by atoms with Gasteiger partial charge in [0.1, 0.15) is 5.25 Å². The van der Waals surface area contributed by atoms with E-state index in [2.05, 4.69) is 0 Å². The lowest BCUT2D eigenvalue weighted by molar-refractivity contribution is -0.142. The number of nitrogen functional groups attached to an aromatic ring is 1. The summed E-state index contributed by atoms with van der Waals surface area (Å²) in [5.41, 5.74) is 7.57. The van der Waals surface area contributed by atoms with E-state index in [1.54, 1.807) is 0 Å². The van der Waals surface area contributed by atoms with Crippen LogP contribution in [0, 0.1) is 6.92 Å². The molecule has 0 heterocycles. The maximum atomic E-state index is 11.7. The lowest BCUT2D eigenvalue weighted by Gasteiger charge is -2.13. The van der Waals surface area contributed by atoms with Gasteiger partial charge in [-0.3, -0.25) is 4.79 Å². The highest BCUT2D eigenvalue weighted by molar-refractivity contribution is 8.00. The first kappa shape index (κ1) is 13.9. The van der Waals surface area contributed by atoms with E-state index in [-0.39, 0.29) is 11.2 Å². The van der Waals surface area contributed by atoms with E-state index < -0.39 is 0 Å². The van der Waals surface area contributed by atoms with Gasteiger partial charge in [-0.2, -0.15) is 0 Å². The van der Waals surface area contributed by atoms with Crippen molar-refractivity contribution in [3.8, 4) is 0 Å². The largest absolute Gasteiger partial charge is 0.465 e. The number of hydrogen-bond acceptors (Lipinski definition) is 4. The van der Waals surface area contributed by atoms with Gasteiger partial charge in [0, 0.05) is 10.6 Å². The van der Waals surface area contributed by atoms with E-state index in [9.17, 15) is 4.79 Å². The van der Waals surface area contributed by atoms with Gasteiger partial charge >= 0.3 is 5.97 Å². The van der Waals surface area contributed by atoms with Crippen LogP contribution >= 0.6 is 11.8 Å². The van der Waals surface area contributed by atoms with Crippen LogP contribution in [0.2, 0.25) is 0 Å². The van der Waals surface area contributed by atoms with E-state index in [1.807, 2.05) is 39.0 Å². The Hall–Kier alpha value is -1.16. The van der Waals surface area contributed by atoms with Crippen molar-refractivity contribution in [2.45, 2.75) is 37.3 Å². The molecule has 3 nitrogen and oxygen atoms in total. The lowest BCUT2D eigenvalue weighted by atomic mass is 10.2. The third-order valence-corrected chi connectivity index (χ3v) is 3.78. The molecule has 94 valence electrons. The maximum Gasteiger partial charge on any atom is 0.319 e. The van der Waals surface area contributed by atoms with Crippen LogP contribution < -0.4 is 5.73 Å². The Bertz CT molecular complexity index is 393. The average Bonchev–Trinajstić information content (AvgIpc) is 2.30. The van der Waals surface area contributed by atoms with Crippen LogP contribution in [0.15, 0.2) is 23.1 Å². The van der Waals surface area contributed by atoms with Crippen molar-refractivity contribution in [1.29, 1.82) is 0 Å². The molecule has 0 aromatic heterocycles. The van der Waals surface area contributed by atoms with Crippen molar-refractivity contribution < 1.29 is 9.53 Å². The monoisotopic (exact) mass is 253 g/mol. The molecule has 0 bridgehead atoms. The number of carbonyl (C=O) groups excluding carboxylic acids is 1. The molecular formula is C13H19NO2S. The van der Waals surface area contributed by atoms with Gasteiger partial charge in [-0.1, -0.05) is 6.92 Å². The molecule has 4 heteroatoms. The normalized spacial score (nSPS) is 12.2. The van der Waals surface area contributed by atoms with E-state index >= 15 is 0 Å². The number of esters is 1. The molecule has 0 aliphatic rings. The number of anilines is 1. The number of hydrogen-bond donors (Lipinski definition) is 1. The van der Waals surface area contributed by atoms with E-state index in [0.29, 0.717) is 6.61 Å². The second-order valence-corrected chi connectivity index (χ2v) is 5.06. The zero-order valence-electron chi connectivity index (χ0n) is 10.5. The van der Waals surface area contributed by atoms with E-state index in [1.165, 1.54) is 11.8 Å². The first-order valence-corrected chi connectivity index (χ1v) is 6.65. The molecule has 0 amide bonds. The third kappa shape index (κ3) is 3.97. The number of carbonyl (C=O) groups is 1. The van der Waals surface area contributed by atoms with Crippen molar-refractivity contribution in [3.63, 3.8) is 0 Å². The SMILES string of the molecule is CCOC(=O)C(CC)Sc1ccc(N)c(C)c1. The molecule has 1 rings (SSSR count). The van der Waals surface area contributed by atoms with Gasteiger partial charge in [-0.25, -0.2) is 0 Å². The Labute approximate surface area is 107 Å². The minimum Gasteiger partial charge on any atom is -0.465 e. The second kappa shape index (κ2) is 6.55. The van der Waals surface area contributed by atoms with Crippen LogP contribution in [0.3, 0.4) is 0 Å². The van der Waals surface area contributed by atoms with Crippen LogP contribution in [-0.2, 0) is 9.53 Å². The number of rotatable bonds is 5. The highest BCUT2D eigenvalue weighted by Crippen LogP contribution is 2.28. The third-order valence-electron chi connectivity index (χ3n) is 2.44. The van der Waals surface area contributed by atoms with Gasteiger partial charge in [0.15, 0.2) is 0 Å². The summed E-state index contributed by atoms with van der Waals surface area (Å²) in [7, 11) is 0. The molecule has 0 saturated heterocycles. The quantitative estimate of drug-likeness (QED) is 0.498. The molecule has 1 aromatic carbocycles. The fourth-order valence-electron chi connectivity index (χ4n) is 1.42. The summed E-state index contributed by atoms with van der Waals surface area (Å²) in [6.45, 7) is 6.20. The highest BCUT2D eigenvalue weighted by Gasteiger charge is 2.19. The van der Waals surface area contributed by atoms with Crippen LogP contribution in [0.1, 0.15) is 25.8 Å². The van der Waals surface area contributed by atoms with Crippen LogP contribution in [0.25, 0.3) is 0 Å². The molecule has 1 atom stereocenters. The number of thioether (sulfide) groups is 1. The first-order chi connectivity index (χ1) is 8.08. The van der Waals surface area contributed by atoms with Crippen LogP contribution in [0.5, 0.6) is 0 Å². The van der Waals surface area contributed by atoms with Crippen molar-refractivity contribution in [3.05, 3.63) is 23.8 Å². The van der Waals surface area contributed by atoms with Crippen molar-refractivity contribution in [2.24, 2.45) is 0 Å². The summed E-state index contributed by atoms with van der Waals surface area (Å²) in [6, 6.07) is 5.81. The Balaban J connectivity index is 2.73. The van der Waals surface area contributed by atoms with Gasteiger partial charge in [0.05, 0.1) is 6.61 Å². The fraction of sp³-hybridized carbons (Fsp3) is 0.462. The Kier molecular flexibility index (Phi) is 5.35. The molecule has 0 aliphatic heterocycles. The van der Waals surface area contributed by atoms with Gasteiger partial charge in [-0.05, 0) is 44.0 Å². The first-order valence-electron chi connectivity index (χ1n) is 5.77. The summed E-state index contributed by atoms with van der Waals surface area (Å²) in [4.78, 5) is 12.7. The number of ether oxygens (including phenoxy) is 1. The summed E-state index contributed by atoms with van der Waals surface area (Å²) < 4.78 is 5.04. The predicted molar refractivity (Wildman–Crippen MR) is 72.2 cm³/mol. The summed E-state index contributed by atoms with van der Waals surface area (Å²) in [6.07, 6.45) is 0.757. The highest BCUT2D eigenvalue weighted by atomic mass is 32.2. The van der Waals surface area contributed by atoms with Crippen LogP contribution in [-0.4, -0.2) is 17.8 Å². The number of benzene rings is 1. The molecule has 17 heavy (non-hydrogen) atoms. The van der Waals surface area contributed by atoms with Crippen LogP contribution in [0.4, 0.5) is 5.69 Å². The summed E-state index contributed by atoms with van der Waals surface area (Å²) in [5, 5.41) is -0.141. The zero-order valence-corrected chi connectivity index (χ0v) is 11.3. The average molecular weight is 253 g/mol. The summed E-state index contributed by atoms with van der Waals surface area (Å²) in [5.74, 6) is -0.144.